The van der Waals surface area contributed by atoms with Crippen LogP contribution < -0.4 is 9.47 Å². The molecule has 1 fully saturated rings. The first kappa shape index (κ1) is 21.8. The van der Waals surface area contributed by atoms with Gasteiger partial charge in [-0.05, 0) is 42.7 Å². The van der Waals surface area contributed by atoms with Crippen molar-refractivity contribution in [3.63, 3.8) is 0 Å². The second kappa shape index (κ2) is 9.80. The van der Waals surface area contributed by atoms with Gasteiger partial charge in [-0.2, -0.15) is 0 Å². The first-order valence-corrected chi connectivity index (χ1v) is 10.4. The lowest BCUT2D eigenvalue weighted by molar-refractivity contribution is -0.134. The zero-order valence-electron chi connectivity index (χ0n) is 17.7. The van der Waals surface area contributed by atoms with Gasteiger partial charge in [0.1, 0.15) is 17.3 Å². The molecule has 2 aromatic carbocycles. The number of carbonyl (C=O) groups is 1. The molecule has 1 aromatic heterocycles. The molecule has 1 saturated heterocycles. The van der Waals surface area contributed by atoms with E-state index in [1.165, 1.54) is 6.07 Å². The molecule has 1 aliphatic rings. The number of piperidine rings is 1. The van der Waals surface area contributed by atoms with Gasteiger partial charge in [0.15, 0.2) is 24.1 Å². The highest BCUT2D eigenvalue weighted by molar-refractivity contribution is 5.78. The van der Waals surface area contributed by atoms with Crippen molar-refractivity contribution in [1.82, 2.24) is 9.88 Å². The molecule has 1 atom stereocenters. The minimum Gasteiger partial charge on any atom is -0.497 e. The summed E-state index contributed by atoms with van der Waals surface area (Å²) in [5.41, 5.74) is 1.05. The number of rotatable bonds is 7. The molecule has 1 amide bonds. The lowest BCUT2D eigenvalue weighted by Gasteiger charge is -2.31. The lowest BCUT2D eigenvalue weighted by Crippen LogP contribution is -2.41. The molecule has 1 aliphatic heterocycles. The molecule has 3 aromatic rings. The van der Waals surface area contributed by atoms with Gasteiger partial charge in [-0.1, -0.05) is 12.1 Å². The Morgan fingerprint density at radius 1 is 1.25 bits per heavy atom. The number of methoxy groups -OCH3 is 1. The fourth-order valence-corrected chi connectivity index (χ4v) is 3.80. The number of aromatic nitrogens is 1. The Kier molecular flexibility index (Phi) is 6.68. The van der Waals surface area contributed by atoms with Crippen LogP contribution in [0.3, 0.4) is 0 Å². The second-order valence-corrected chi connectivity index (χ2v) is 7.74. The van der Waals surface area contributed by atoms with Crippen LogP contribution in [0.2, 0.25) is 0 Å². The molecule has 2 heterocycles. The van der Waals surface area contributed by atoms with Crippen LogP contribution in [0, 0.1) is 11.6 Å². The summed E-state index contributed by atoms with van der Waals surface area (Å²) in [7, 11) is 1.63. The van der Waals surface area contributed by atoms with Gasteiger partial charge in [0.25, 0.3) is 5.91 Å². The van der Waals surface area contributed by atoms with Gasteiger partial charge in [-0.25, -0.2) is 13.8 Å². The van der Waals surface area contributed by atoms with Gasteiger partial charge < -0.3 is 18.8 Å². The zero-order valence-corrected chi connectivity index (χ0v) is 17.7. The van der Waals surface area contributed by atoms with E-state index in [4.69, 9.17) is 13.9 Å². The Morgan fingerprint density at radius 2 is 2.12 bits per heavy atom. The van der Waals surface area contributed by atoms with Crippen molar-refractivity contribution in [2.75, 3.05) is 26.8 Å². The van der Waals surface area contributed by atoms with Crippen molar-refractivity contribution in [3.05, 3.63) is 77.5 Å². The summed E-state index contributed by atoms with van der Waals surface area (Å²) in [4.78, 5) is 18.7. The number of halogens is 2. The first-order chi connectivity index (χ1) is 15.5. The molecule has 0 spiro atoms. The van der Waals surface area contributed by atoms with E-state index in [1.54, 1.807) is 18.2 Å². The van der Waals surface area contributed by atoms with Gasteiger partial charge in [0.05, 0.1) is 19.2 Å². The van der Waals surface area contributed by atoms with E-state index in [9.17, 15) is 13.6 Å². The quantitative estimate of drug-likeness (QED) is 0.545. The van der Waals surface area contributed by atoms with Gasteiger partial charge in [0, 0.05) is 25.6 Å². The van der Waals surface area contributed by atoms with Crippen molar-refractivity contribution < 1.29 is 27.5 Å². The third-order valence-electron chi connectivity index (χ3n) is 5.45. The highest BCUT2D eigenvalue weighted by Crippen LogP contribution is 2.28. The summed E-state index contributed by atoms with van der Waals surface area (Å²) >= 11 is 0. The Labute approximate surface area is 184 Å². The number of nitrogens with zero attached hydrogens (tertiary/aromatic N) is 2. The van der Waals surface area contributed by atoms with Gasteiger partial charge in [-0.15, -0.1) is 0 Å². The number of hydrogen-bond acceptors (Lipinski definition) is 5. The number of oxazole rings is 1. The molecular weight excluding hydrogens is 418 g/mol. The Morgan fingerprint density at radius 3 is 2.94 bits per heavy atom. The molecule has 0 saturated carbocycles. The van der Waals surface area contributed by atoms with Crippen LogP contribution in [0.4, 0.5) is 8.78 Å². The lowest BCUT2D eigenvalue weighted by atomic mass is 9.98. The zero-order chi connectivity index (χ0) is 22.5. The van der Waals surface area contributed by atoms with Crippen LogP contribution in [0.25, 0.3) is 0 Å². The molecule has 8 heteroatoms. The SMILES string of the molecule is COc1cccc(Cc2cnc([C@H]3CCCN(C(=O)COc4ccc(F)cc4F)C3)o2)c1. The van der Waals surface area contributed by atoms with E-state index in [2.05, 4.69) is 4.98 Å². The smallest absolute Gasteiger partial charge is 0.260 e. The summed E-state index contributed by atoms with van der Waals surface area (Å²) in [5, 5.41) is 0. The normalized spacial score (nSPS) is 16.1. The van der Waals surface area contributed by atoms with E-state index < -0.39 is 11.6 Å². The van der Waals surface area contributed by atoms with E-state index in [-0.39, 0.29) is 24.2 Å². The van der Waals surface area contributed by atoms with Gasteiger partial charge in [-0.3, -0.25) is 4.79 Å². The number of likely N-dealkylation sites (tertiary alicyclic amines) is 1. The third kappa shape index (κ3) is 5.25. The molecule has 0 aliphatic carbocycles. The fraction of sp³-hybridized carbons (Fsp3) is 0.333. The summed E-state index contributed by atoms with van der Waals surface area (Å²) in [6.07, 6.45) is 3.97. The fourth-order valence-electron chi connectivity index (χ4n) is 3.80. The van der Waals surface area contributed by atoms with E-state index in [0.29, 0.717) is 25.4 Å². The van der Waals surface area contributed by atoms with E-state index >= 15 is 0 Å². The minimum atomic E-state index is -0.835. The average molecular weight is 442 g/mol. The van der Waals surface area contributed by atoms with Crippen LogP contribution in [-0.4, -0.2) is 42.6 Å². The molecule has 0 radical (unpaired) electrons. The number of amides is 1. The average Bonchev–Trinajstić information content (AvgIpc) is 3.27. The topological polar surface area (TPSA) is 64.8 Å². The van der Waals surface area contributed by atoms with Crippen molar-refractivity contribution in [3.8, 4) is 11.5 Å². The van der Waals surface area contributed by atoms with Crippen LogP contribution in [0.15, 0.2) is 53.1 Å². The number of carbonyl (C=O) groups excluding carboxylic acids is 1. The Bertz CT molecular complexity index is 1090. The second-order valence-electron chi connectivity index (χ2n) is 7.74. The van der Waals surface area contributed by atoms with Gasteiger partial charge in [0.2, 0.25) is 0 Å². The molecule has 0 bridgehead atoms. The monoisotopic (exact) mass is 442 g/mol. The third-order valence-corrected chi connectivity index (χ3v) is 5.45. The number of hydrogen-bond donors (Lipinski definition) is 0. The maximum Gasteiger partial charge on any atom is 0.260 e. The molecule has 0 N–H and O–H groups in total. The molecular formula is C24H24F2N2O4. The minimum absolute atomic E-state index is 0.0192. The maximum absolute atomic E-state index is 13.7. The summed E-state index contributed by atoms with van der Waals surface area (Å²) in [5.74, 6) is 0.165. The number of ether oxygens (including phenoxy) is 2. The molecule has 0 unspecified atom stereocenters. The largest absolute Gasteiger partial charge is 0.497 e. The Balaban J connectivity index is 1.34. The van der Waals surface area contributed by atoms with E-state index in [0.717, 1.165) is 42.0 Å². The number of benzene rings is 2. The van der Waals surface area contributed by atoms with Crippen LogP contribution in [0.5, 0.6) is 11.5 Å². The van der Waals surface area contributed by atoms with Crippen LogP contribution in [0.1, 0.15) is 36.0 Å². The van der Waals surface area contributed by atoms with Crippen molar-refractivity contribution in [2.24, 2.45) is 0 Å². The maximum atomic E-state index is 13.7. The standard InChI is InChI=1S/C24H24F2N2O4/c1-30-19-6-2-4-16(10-19)11-20-13-27-24(32-20)17-5-3-9-28(14-17)23(29)15-31-22-8-7-18(25)12-21(22)26/h2,4,6-8,10,12-13,17H,3,5,9,11,14-15H2,1H3/t17-/m0/s1. The summed E-state index contributed by atoms with van der Waals surface area (Å²) < 4.78 is 43.2. The van der Waals surface area contributed by atoms with Gasteiger partial charge >= 0.3 is 0 Å². The molecule has 168 valence electrons. The van der Waals surface area contributed by atoms with E-state index in [1.807, 2.05) is 24.3 Å². The Hall–Kier alpha value is -3.42. The van der Waals surface area contributed by atoms with Crippen LogP contribution in [-0.2, 0) is 11.2 Å². The molecule has 32 heavy (non-hydrogen) atoms. The predicted molar refractivity (Wildman–Crippen MR) is 113 cm³/mol. The van der Waals surface area contributed by atoms with Crippen LogP contribution >= 0.6 is 0 Å². The highest BCUT2D eigenvalue weighted by atomic mass is 19.1. The van der Waals surface area contributed by atoms with Crippen molar-refractivity contribution in [1.29, 1.82) is 0 Å². The highest BCUT2D eigenvalue weighted by Gasteiger charge is 2.28. The van der Waals surface area contributed by atoms with Crippen molar-refractivity contribution >= 4 is 5.91 Å². The predicted octanol–water partition coefficient (Wildman–Crippen LogP) is 4.34. The molecule has 6 nitrogen and oxygen atoms in total. The molecule has 4 rings (SSSR count). The summed E-state index contributed by atoms with van der Waals surface area (Å²) in [6, 6.07) is 10.7. The first-order valence-electron chi connectivity index (χ1n) is 10.4. The van der Waals surface area contributed by atoms with Crippen molar-refractivity contribution in [2.45, 2.75) is 25.2 Å². The summed E-state index contributed by atoms with van der Waals surface area (Å²) in [6.45, 7) is 0.719.